The van der Waals surface area contributed by atoms with Gasteiger partial charge in [-0.05, 0) is 13.0 Å². The van der Waals surface area contributed by atoms with Crippen molar-refractivity contribution >= 4 is 21.9 Å². The molecule has 0 aliphatic carbocycles. The molecule has 0 bridgehead atoms. The molecule has 0 spiro atoms. The van der Waals surface area contributed by atoms with Crippen LogP contribution >= 0.6 is 0 Å². The molecule has 4 N–H and O–H groups in total. The number of nitrogens with one attached hydrogen (secondary N) is 2. The number of furan rings is 1. The van der Waals surface area contributed by atoms with Gasteiger partial charge in [0, 0.05) is 17.7 Å². The van der Waals surface area contributed by atoms with Crippen molar-refractivity contribution in [2.24, 2.45) is 5.14 Å². The van der Waals surface area contributed by atoms with E-state index in [-0.39, 0.29) is 18.8 Å². The van der Waals surface area contributed by atoms with Gasteiger partial charge in [0.25, 0.3) is 16.1 Å². The predicted molar refractivity (Wildman–Crippen MR) is 72.3 cm³/mol. The second-order valence-electron chi connectivity index (χ2n) is 4.72. The first-order valence-corrected chi connectivity index (χ1v) is 7.56. The molecular formula is C11H13N5O4S. The summed E-state index contributed by atoms with van der Waals surface area (Å²) < 4.78 is 28.8. The van der Waals surface area contributed by atoms with Crippen LogP contribution in [0.25, 0.3) is 0 Å². The number of anilines is 1. The largest absolute Gasteiger partial charge is 0.459 e. The lowest BCUT2D eigenvalue weighted by molar-refractivity contribution is 0.0995. The fourth-order valence-corrected chi connectivity index (χ4v) is 2.77. The Bertz CT molecular complexity index is 806. The van der Waals surface area contributed by atoms with Crippen LogP contribution in [0.1, 0.15) is 27.4 Å². The average molecular weight is 311 g/mol. The Labute approximate surface area is 120 Å². The molecule has 0 atom stereocenters. The summed E-state index contributed by atoms with van der Waals surface area (Å²) in [5, 5.41) is 14.4. The van der Waals surface area contributed by atoms with E-state index in [4.69, 9.17) is 9.56 Å². The van der Waals surface area contributed by atoms with Crippen LogP contribution in [0.5, 0.6) is 0 Å². The lowest BCUT2D eigenvalue weighted by atomic mass is 10.2. The number of aryl methyl sites for hydroxylation is 1. The van der Waals surface area contributed by atoms with E-state index < -0.39 is 16.1 Å². The maximum absolute atomic E-state index is 12.1. The van der Waals surface area contributed by atoms with E-state index in [0.29, 0.717) is 22.6 Å². The molecule has 9 nitrogen and oxygen atoms in total. The van der Waals surface area contributed by atoms with Gasteiger partial charge in [-0.1, -0.05) is 0 Å². The van der Waals surface area contributed by atoms with Crippen LogP contribution < -0.4 is 10.5 Å². The van der Waals surface area contributed by atoms with E-state index in [1.54, 1.807) is 13.0 Å². The molecule has 3 heterocycles. The van der Waals surface area contributed by atoms with Crippen LogP contribution in [-0.2, 0) is 23.3 Å². The van der Waals surface area contributed by atoms with E-state index in [2.05, 4.69) is 15.5 Å². The highest BCUT2D eigenvalue weighted by Crippen LogP contribution is 2.28. The minimum Gasteiger partial charge on any atom is -0.459 e. The smallest absolute Gasteiger partial charge is 0.292 e. The number of nitrogens with zero attached hydrogens (tertiary/aromatic N) is 2. The molecule has 1 amide bonds. The molecule has 1 aliphatic rings. The number of amides is 1. The van der Waals surface area contributed by atoms with Crippen LogP contribution in [0.15, 0.2) is 16.7 Å². The number of aromatic amines is 1. The van der Waals surface area contributed by atoms with Crippen molar-refractivity contribution < 1.29 is 17.6 Å². The van der Waals surface area contributed by atoms with E-state index in [0.717, 1.165) is 4.31 Å². The first kappa shape index (κ1) is 13.8. The van der Waals surface area contributed by atoms with Crippen molar-refractivity contribution in [2.45, 2.75) is 20.0 Å². The fraction of sp³-hybridized carbons (Fsp3) is 0.273. The van der Waals surface area contributed by atoms with Gasteiger partial charge >= 0.3 is 0 Å². The Morgan fingerprint density at radius 2 is 2.29 bits per heavy atom. The second kappa shape index (κ2) is 4.69. The maximum atomic E-state index is 12.1. The summed E-state index contributed by atoms with van der Waals surface area (Å²) in [5.41, 5.74) is 1.84. The molecule has 112 valence electrons. The van der Waals surface area contributed by atoms with Gasteiger partial charge < -0.3 is 9.73 Å². The van der Waals surface area contributed by atoms with Crippen LogP contribution in [-0.4, -0.2) is 28.8 Å². The molecule has 3 rings (SSSR count). The molecule has 0 saturated carbocycles. The summed E-state index contributed by atoms with van der Waals surface area (Å²) in [5.74, 6) is 0.106. The lowest BCUT2D eigenvalue weighted by Gasteiger charge is -2.11. The average Bonchev–Trinajstić information content (AvgIpc) is 3.04. The minimum atomic E-state index is -3.79. The number of H-pyrrole nitrogens is 1. The number of carbonyl (C=O) groups is 1. The third kappa shape index (κ3) is 2.44. The zero-order valence-electron chi connectivity index (χ0n) is 11.1. The van der Waals surface area contributed by atoms with Crippen molar-refractivity contribution in [3.8, 4) is 0 Å². The van der Waals surface area contributed by atoms with Crippen LogP contribution in [0.4, 0.5) is 5.82 Å². The Balaban J connectivity index is 1.82. The minimum absolute atomic E-state index is 0.0669. The Morgan fingerprint density at radius 1 is 1.52 bits per heavy atom. The van der Waals surface area contributed by atoms with E-state index in [1.807, 2.05) is 0 Å². The third-order valence-electron chi connectivity index (χ3n) is 3.28. The number of hydrogen-bond donors (Lipinski definition) is 3. The zero-order chi connectivity index (χ0) is 15.2. The van der Waals surface area contributed by atoms with Gasteiger partial charge in [0.05, 0.1) is 18.5 Å². The number of nitrogens with two attached hydrogens (primary N) is 1. The number of aromatic nitrogens is 2. The molecule has 0 unspecified atom stereocenters. The molecule has 21 heavy (non-hydrogen) atoms. The van der Waals surface area contributed by atoms with Crippen molar-refractivity contribution in [3.05, 3.63) is 34.9 Å². The molecule has 1 aliphatic heterocycles. The number of carbonyl (C=O) groups excluding carboxylic acids is 1. The van der Waals surface area contributed by atoms with Gasteiger partial charge in [0.15, 0.2) is 5.76 Å². The summed E-state index contributed by atoms with van der Waals surface area (Å²) in [6.45, 7) is 1.90. The van der Waals surface area contributed by atoms with Crippen LogP contribution in [0.3, 0.4) is 0 Å². The summed E-state index contributed by atoms with van der Waals surface area (Å²) in [6.07, 6.45) is 1.42. The van der Waals surface area contributed by atoms with Crippen molar-refractivity contribution in [3.63, 3.8) is 0 Å². The van der Waals surface area contributed by atoms with Gasteiger partial charge in [0.1, 0.15) is 5.82 Å². The zero-order valence-corrected chi connectivity index (χ0v) is 11.9. The summed E-state index contributed by atoms with van der Waals surface area (Å²) >= 11 is 0. The normalized spacial score (nSPS) is 15.1. The van der Waals surface area contributed by atoms with E-state index in [9.17, 15) is 13.2 Å². The number of rotatable bonds is 3. The molecular weight excluding hydrogens is 298 g/mol. The topological polar surface area (TPSA) is 134 Å². The number of hydrogen-bond acceptors (Lipinski definition) is 5. The Morgan fingerprint density at radius 3 is 2.90 bits per heavy atom. The first-order valence-electron chi connectivity index (χ1n) is 6.05. The molecule has 10 heteroatoms. The van der Waals surface area contributed by atoms with Crippen molar-refractivity contribution in [1.82, 2.24) is 14.5 Å². The van der Waals surface area contributed by atoms with Crippen LogP contribution in [0, 0.1) is 6.92 Å². The van der Waals surface area contributed by atoms with Crippen LogP contribution in [0.2, 0.25) is 0 Å². The third-order valence-corrected chi connectivity index (χ3v) is 4.26. The number of fused-ring (bicyclic) bond motifs is 1. The highest BCUT2D eigenvalue weighted by molar-refractivity contribution is 7.86. The van der Waals surface area contributed by atoms with Gasteiger partial charge in [-0.25, -0.2) is 5.14 Å². The highest BCUT2D eigenvalue weighted by Gasteiger charge is 2.31. The SMILES string of the molecule is Cc1ccoc1C(=O)Nc1[nH]nc2c1CN(S(N)(=O)=O)C2. The Kier molecular flexibility index (Phi) is 3.08. The molecule has 0 aromatic carbocycles. The van der Waals surface area contributed by atoms with Crippen molar-refractivity contribution in [2.75, 3.05) is 5.32 Å². The summed E-state index contributed by atoms with van der Waals surface area (Å²) in [4.78, 5) is 12.1. The van der Waals surface area contributed by atoms with Gasteiger partial charge in [-0.2, -0.15) is 17.8 Å². The summed E-state index contributed by atoms with van der Waals surface area (Å²) in [7, 11) is -3.79. The van der Waals surface area contributed by atoms with Crippen molar-refractivity contribution in [1.29, 1.82) is 0 Å². The molecule has 0 saturated heterocycles. The second-order valence-corrected chi connectivity index (χ2v) is 6.27. The van der Waals surface area contributed by atoms with Gasteiger partial charge in [-0.3, -0.25) is 9.89 Å². The monoisotopic (exact) mass is 311 g/mol. The molecule has 2 aromatic rings. The van der Waals surface area contributed by atoms with E-state index in [1.165, 1.54) is 6.26 Å². The van der Waals surface area contributed by atoms with E-state index >= 15 is 0 Å². The summed E-state index contributed by atoms with van der Waals surface area (Å²) in [6, 6.07) is 1.68. The predicted octanol–water partition coefficient (Wildman–Crippen LogP) is 0.0825. The Hall–Kier alpha value is -2.17. The molecule has 0 radical (unpaired) electrons. The lowest BCUT2D eigenvalue weighted by Crippen LogP contribution is -2.32. The standard InChI is InChI=1S/C11H13N5O4S/c1-6-2-3-20-9(6)11(17)13-10-7-4-16(21(12,18)19)5-8(7)14-15-10/h2-3H,4-5H2,1H3,(H2,12,18,19)(H2,13,14,15,17). The molecule has 0 fully saturated rings. The fourth-order valence-electron chi connectivity index (χ4n) is 2.16. The first-order chi connectivity index (χ1) is 9.86. The van der Waals surface area contributed by atoms with Gasteiger partial charge in [0.2, 0.25) is 0 Å². The molecule has 2 aromatic heterocycles. The van der Waals surface area contributed by atoms with Gasteiger partial charge in [-0.15, -0.1) is 0 Å². The highest BCUT2D eigenvalue weighted by atomic mass is 32.2. The maximum Gasteiger partial charge on any atom is 0.292 e. The quantitative estimate of drug-likeness (QED) is 0.738.